The topological polar surface area (TPSA) is 99.3 Å². The maximum atomic E-state index is 11.0. The molecule has 96 valence electrons. The van der Waals surface area contributed by atoms with E-state index in [2.05, 4.69) is 10.2 Å². The normalized spacial score (nSPS) is 12.5. The van der Waals surface area contributed by atoms with Gasteiger partial charge in [0.25, 0.3) is 5.91 Å². The van der Waals surface area contributed by atoms with E-state index in [1.807, 2.05) is 0 Å². The average Bonchev–Trinajstić information content (AvgIpc) is 2.35. The molecule has 1 amide bonds. The molecule has 0 aliphatic carbocycles. The van der Waals surface area contributed by atoms with Crippen LogP contribution < -0.4 is 0 Å². The van der Waals surface area contributed by atoms with E-state index in [-0.39, 0.29) is 18.6 Å². The fourth-order valence-electron chi connectivity index (χ4n) is 1.24. The quantitative estimate of drug-likeness (QED) is 0.778. The van der Waals surface area contributed by atoms with Gasteiger partial charge >= 0.3 is 5.97 Å². The lowest BCUT2D eigenvalue weighted by Gasteiger charge is -2.06. The summed E-state index contributed by atoms with van der Waals surface area (Å²) in [7, 11) is 0. The molecule has 0 fully saturated rings. The van der Waals surface area contributed by atoms with Crippen molar-refractivity contribution in [1.29, 1.82) is 0 Å². The van der Waals surface area contributed by atoms with Crippen molar-refractivity contribution in [3.63, 3.8) is 0 Å². The number of carbonyl (C=O) groups is 2. The molecule has 0 spiro atoms. The molecule has 0 saturated heterocycles. The SMILES string of the molecule is CCC(=O)/N=N\C(Cc1ccc(O)cc1)C(=O)O. The molecule has 1 aromatic rings. The van der Waals surface area contributed by atoms with Crippen molar-refractivity contribution in [3.05, 3.63) is 29.8 Å². The first-order valence-electron chi connectivity index (χ1n) is 5.47. The number of aliphatic carboxylic acids is 1. The maximum Gasteiger partial charge on any atom is 0.330 e. The Balaban J connectivity index is 2.75. The third-order valence-corrected chi connectivity index (χ3v) is 2.26. The summed E-state index contributed by atoms with van der Waals surface area (Å²) in [5.41, 5.74) is 0.697. The highest BCUT2D eigenvalue weighted by atomic mass is 16.4. The Bertz CT molecular complexity index is 454. The summed E-state index contributed by atoms with van der Waals surface area (Å²) in [5.74, 6) is -1.49. The van der Waals surface area contributed by atoms with Crippen LogP contribution in [0.2, 0.25) is 0 Å². The summed E-state index contributed by atoms with van der Waals surface area (Å²) in [6, 6.07) is 5.03. The first-order chi connectivity index (χ1) is 8.52. The van der Waals surface area contributed by atoms with Crippen molar-refractivity contribution in [2.24, 2.45) is 10.2 Å². The van der Waals surface area contributed by atoms with Crippen LogP contribution in [0, 0.1) is 0 Å². The average molecular weight is 250 g/mol. The van der Waals surface area contributed by atoms with Crippen molar-refractivity contribution in [2.75, 3.05) is 0 Å². The fourth-order valence-corrected chi connectivity index (χ4v) is 1.24. The van der Waals surface area contributed by atoms with Gasteiger partial charge in [0.1, 0.15) is 5.75 Å². The summed E-state index contributed by atoms with van der Waals surface area (Å²) in [6.45, 7) is 1.62. The van der Waals surface area contributed by atoms with Crippen LogP contribution in [0.4, 0.5) is 0 Å². The Labute approximate surface area is 104 Å². The van der Waals surface area contributed by atoms with Crippen LogP contribution in [0.3, 0.4) is 0 Å². The van der Waals surface area contributed by atoms with E-state index in [1.165, 1.54) is 12.1 Å². The molecule has 0 heterocycles. The second-order valence-corrected chi connectivity index (χ2v) is 3.69. The molecule has 2 N–H and O–H groups in total. The Kier molecular flexibility index (Phi) is 4.98. The van der Waals surface area contributed by atoms with Crippen LogP contribution >= 0.6 is 0 Å². The minimum absolute atomic E-state index is 0.105. The highest BCUT2D eigenvalue weighted by Crippen LogP contribution is 2.12. The Morgan fingerprint density at radius 2 is 1.89 bits per heavy atom. The maximum absolute atomic E-state index is 11.0. The molecule has 6 heteroatoms. The zero-order chi connectivity index (χ0) is 13.5. The lowest BCUT2D eigenvalue weighted by atomic mass is 10.1. The van der Waals surface area contributed by atoms with E-state index in [4.69, 9.17) is 10.2 Å². The van der Waals surface area contributed by atoms with Gasteiger partial charge in [0.15, 0.2) is 6.04 Å². The van der Waals surface area contributed by atoms with E-state index < -0.39 is 17.9 Å². The second kappa shape index (κ2) is 6.48. The number of carboxylic acid groups (broad SMARTS) is 1. The molecule has 1 atom stereocenters. The van der Waals surface area contributed by atoms with E-state index in [0.29, 0.717) is 5.56 Å². The van der Waals surface area contributed by atoms with Gasteiger partial charge in [-0.3, -0.25) is 4.79 Å². The molecule has 1 unspecified atom stereocenters. The predicted molar refractivity (Wildman–Crippen MR) is 63.4 cm³/mol. The van der Waals surface area contributed by atoms with Crippen LogP contribution in [0.5, 0.6) is 5.75 Å². The molecule has 6 nitrogen and oxygen atoms in total. The number of hydrogen-bond donors (Lipinski definition) is 2. The molecule has 0 radical (unpaired) electrons. The standard InChI is InChI=1S/C12H14N2O4/c1-2-11(16)14-13-10(12(17)18)7-8-3-5-9(15)6-4-8/h3-6,10,15H,2,7H2,1H3,(H,17,18)/b14-13-. The Hall–Kier alpha value is -2.24. The summed E-state index contributed by atoms with van der Waals surface area (Å²) >= 11 is 0. The van der Waals surface area contributed by atoms with E-state index >= 15 is 0 Å². The van der Waals surface area contributed by atoms with E-state index in [9.17, 15) is 9.59 Å². The number of hydrogen-bond acceptors (Lipinski definition) is 4. The molecule has 0 bridgehead atoms. The van der Waals surface area contributed by atoms with Crippen LogP contribution in [0.15, 0.2) is 34.5 Å². The van der Waals surface area contributed by atoms with Gasteiger partial charge in [0.05, 0.1) is 0 Å². The van der Waals surface area contributed by atoms with Gasteiger partial charge < -0.3 is 10.2 Å². The van der Waals surface area contributed by atoms with Crippen molar-refractivity contribution in [2.45, 2.75) is 25.8 Å². The lowest BCUT2D eigenvalue weighted by molar-refractivity contribution is -0.138. The van der Waals surface area contributed by atoms with Crippen LogP contribution in [0.25, 0.3) is 0 Å². The summed E-state index contributed by atoms with van der Waals surface area (Å²) < 4.78 is 0. The summed E-state index contributed by atoms with van der Waals surface area (Å²) in [6.07, 6.45) is 0.311. The third kappa shape index (κ3) is 4.32. The van der Waals surface area contributed by atoms with Gasteiger partial charge in [0, 0.05) is 12.8 Å². The van der Waals surface area contributed by atoms with Crippen LogP contribution in [-0.4, -0.2) is 28.1 Å². The van der Waals surface area contributed by atoms with Crippen LogP contribution in [0.1, 0.15) is 18.9 Å². The minimum Gasteiger partial charge on any atom is -0.508 e. The molecule has 1 aromatic carbocycles. The first kappa shape index (κ1) is 13.8. The number of azo groups is 1. The lowest BCUT2D eigenvalue weighted by Crippen LogP contribution is -2.20. The number of nitrogens with zero attached hydrogens (tertiary/aromatic N) is 2. The summed E-state index contributed by atoms with van der Waals surface area (Å²) in [5, 5.41) is 24.9. The van der Waals surface area contributed by atoms with Crippen molar-refractivity contribution in [3.8, 4) is 5.75 Å². The number of carboxylic acids is 1. The van der Waals surface area contributed by atoms with Crippen molar-refractivity contribution >= 4 is 11.9 Å². The number of rotatable bonds is 5. The van der Waals surface area contributed by atoms with Gasteiger partial charge in [-0.15, -0.1) is 5.11 Å². The molecule has 0 aromatic heterocycles. The molecular weight excluding hydrogens is 236 g/mol. The van der Waals surface area contributed by atoms with E-state index in [1.54, 1.807) is 19.1 Å². The van der Waals surface area contributed by atoms with Gasteiger partial charge in [-0.05, 0) is 17.7 Å². The fraction of sp³-hybridized carbons (Fsp3) is 0.333. The highest BCUT2D eigenvalue weighted by Gasteiger charge is 2.17. The molecular formula is C12H14N2O4. The smallest absolute Gasteiger partial charge is 0.330 e. The number of amides is 1. The second-order valence-electron chi connectivity index (χ2n) is 3.69. The van der Waals surface area contributed by atoms with Gasteiger partial charge in [0.2, 0.25) is 0 Å². The molecule has 0 aliphatic heterocycles. The van der Waals surface area contributed by atoms with Crippen LogP contribution in [-0.2, 0) is 16.0 Å². The number of benzene rings is 1. The van der Waals surface area contributed by atoms with Crippen molar-refractivity contribution < 1.29 is 19.8 Å². The van der Waals surface area contributed by atoms with E-state index in [0.717, 1.165) is 0 Å². The Morgan fingerprint density at radius 3 is 2.39 bits per heavy atom. The Morgan fingerprint density at radius 1 is 1.28 bits per heavy atom. The first-order valence-corrected chi connectivity index (χ1v) is 5.47. The molecule has 0 saturated carbocycles. The number of carbonyl (C=O) groups excluding carboxylic acids is 1. The number of aromatic hydroxyl groups is 1. The minimum atomic E-state index is -1.14. The monoisotopic (exact) mass is 250 g/mol. The third-order valence-electron chi connectivity index (χ3n) is 2.26. The summed E-state index contributed by atoms with van der Waals surface area (Å²) in [4.78, 5) is 21.9. The highest BCUT2D eigenvalue weighted by molar-refractivity contribution is 5.77. The molecule has 18 heavy (non-hydrogen) atoms. The molecule has 1 rings (SSSR count). The van der Waals surface area contributed by atoms with Gasteiger partial charge in [-0.2, -0.15) is 5.11 Å². The zero-order valence-corrected chi connectivity index (χ0v) is 9.91. The number of phenolic OH excluding ortho intramolecular Hbond substituents is 1. The van der Waals surface area contributed by atoms with Crippen molar-refractivity contribution in [1.82, 2.24) is 0 Å². The number of phenols is 1. The predicted octanol–water partition coefficient (Wildman–Crippen LogP) is 1.78. The van der Waals surface area contributed by atoms with Gasteiger partial charge in [-0.25, -0.2) is 4.79 Å². The zero-order valence-electron chi connectivity index (χ0n) is 9.91. The van der Waals surface area contributed by atoms with Gasteiger partial charge in [-0.1, -0.05) is 19.1 Å². The largest absolute Gasteiger partial charge is 0.508 e. The molecule has 0 aliphatic rings.